The molecule has 0 bridgehead atoms. The van der Waals surface area contributed by atoms with Crippen LogP contribution in [0, 0.1) is 5.92 Å². The first kappa shape index (κ1) is 15.5. The molecule has 2 aromatic rings. The third-order valence-corrected chi connectivity index (χ3v) is 4.21. The normalized spacial score (nSPS) is 17.4. The van der Waals surface area contributed by atoms with Crippen molar-refractivity contribution >= 4 is 28.3 Å². The van der Waals surface area contributed by atoms with E-state index in [1.165, 1.54) is 0 Å². The number of carbonyl (C=O) groups excluding carboxylic acids is 2. The molecule has 1 saturated heterocycles. The first-order valence-corrected chi connectivity index (χ1v) is 7.76. The Morgan fingerprint density at radius 2 is 2.00 bits per heavy atom. The van der Waals surface area contributed by atoms with Gasteiger partial charge >= 0.3 is 11.8 Å². The lowest BCUT2D eigenvalue weighted by molar-refractivity contribution is -0.142. The van der Waals surface area contributed by atoms with E-state index in [-0.39, 0.29) is 0 Å². The minimum absolute atomic E-state index is 0.314. The number of carbonyl (C=O) groups is 2. The van der Waals surface area contributed by atoms with Gasteiger partial charge in [0.15, 0.2) is 0 Å². The van der Waals surface area contributed by atoms with E-state index in [2.05, 4.69) is 5.32 Å². The lowest BCUT2D eigenvalue weighted by Gasteiger charge is -2.16. The highest BCUT2D eigenvalue weighted by Gasteiger charge is 2.30. The number of nitrogens with one attached hydrogen (secondary N) is 1. The Morgan fingerprint density at radius 3 is 2.83 bits per heavy atom. The quantitative estimate of drug-likeness (QED) is 0.885. The van der Waals surface area contributed by atoms with Gasteiger partial charge in [0.1, 0.15) is 0 Å². The van der Waals surface area contributed by atoms with Gasteiger partial charge in [-0.3, -0.25) is 9.59 Å². The van der Waals surface area contributed by atoms with Gasteiger partial charge in [-0.1, -0.05) is 36.4 Å². The van der Waals surface area contributed by atoms with Crippen LogP contribution >= 0.6 is 0 Å². The standard InChI is InChI=1S/C18H20N2O3/c1-23-12-13-9-10-20(11-13)18(22)17(21)19-16-8-4-6-14-5-2-3-7-15(14)16/h2-8,13H,9-12H2,1H3,(H,19,21)/t13-/m0/s1. The number of rotatable bonds is 3. The molecule has 120 valence electrons. The molecule has 2 amide bonds. The van der Waals surface area contributed by atoms with Crippen molar-refractivity contribution in [2.24, 2.45) is 5.92 Å². The van der Waals surface area contributed by atoms with Crippen molar-refractivity contribution in [3.63, 3.8) is 0 Å². The van der Waals surface area contributed by atoms with E-state index in [0.717, 1.165) is 17.2 Å². The number of hydrogen-bond donors (Lipinski definition) is 1. The lowest BCUT2D eigenvalue weighted by Crippen LogP contribution is -2.38. The number of benzene rings is 2. The summed E-state index contributed by atoms with van der Waals surface area (Å²) in [6, 6.07) is 13.4. The van der Waals surface area contributed by atoms with Gasteiger partial charge in [0.2, 0.25) is 0 Å². The van der Waals surface area contributed by atoms with Crippen molar-refractivity contribution in [3.8, 4) is 0 Å². The molecule has 0 radical (unpaired) electrons. The maximum Gasteiger partial charge on any atom is 0.313 e. The molecule has 0 saturated carbocycles. The van der Waals surface area contributed by atoms with E-state index in [1.54, 1.807) is 12.0 Å². The van der Waals surface area contributed by atoms with E-state index >= 15 is 0 Å². The van der Waals surface area contributed by atoms with Crippen LogP contribution in [0.4, 0.5) is 5.69 Å². The van der Waals surface area contributed by atoms with Gasteiger partial charge in [-0.2, -0.15) is 0 Å². The SMILES string of the molecule is COC[C@H]1CCN(C(=O)C(=O)Nc2cccc3ccccc23)C1. The minimum atomic E-state index is -0.584. The largest absolute Gasteiger partial charge is 0.384 e. The Kier molecular flexibility index (Phi) is 4.57. The second kappa shape index (κ2) is 6.79. The fourth-order valence-electron chi connectivity index (χ4n) is 3.04. The zero-order valence-corrected chi connectivity index (χ0v) is 13.1. The Hall–Kier alpha value is -2.40. The Morgan fingerprint density at radius 1 is 1.22 bits per heavy atom. The molecule has 1 atom stereocenters. The van der Waals surface area contributed by atoms with Gasteiger partial charge in [0.25, 0.3) is 0 Å². The van der Waals surface area contributed by atoms with Crippen LogP contribution in [0.25, 0.3) is 10.8 Å². The summed E-state index contributed by atoms with van der Waals surface area (Å²) in [6.07, 6.45) is 0.876. The van der Waals surface area contributed by atoms with Crippen LogP contribution in [0.5, 0.6) is 0 Å². The van der Waals surface area contributed by atoms with Crippen LogP contribution in [0.15, 0.2) is 42.5 Å². The number of fused-ring (bicyclic) bond motifs is 1. The maximum absolute atomic E-state index is 12.3. The molecule has 0 unspecified atom stereocenters. The van der Waals surface area contributed by atoms with Crippen LogP contribution < -0.4 is 5.32 Å². The molecule has 5 heteroatoms. The van der Waals surface area contributed by atoms with E-state index in [4.69, 9.17) is 4.74 Å². The van der Waals surface area contributed by atoms with E-state index in [0.29, 0.717) is 31.3 Å². The third kappa shape index (κ3) is 3.35. The van der Waals surface area contributed by atoms with Gasteiger partial charge in [-0.15, -0.1) is 0 Å². The number of anilines is 1. The summed E-state index contributed by atoms with van der Waals surface area (Å²) in [4.78, 5) is 26.2. The number of nitrogens with zero attached hydrogens (tertiary/aromatic N) is 1. The molecule has 0 aliphatic carbocycles. The molecule has 1 aliphatic rings. The molecule has 23 heavy (non-hydrogen) atoms. The van der Waals surface area contributed by atoms with Crippen molar-refractivity contribution < 1.29 is 14.3 Å². The summed E-state index contributed by atoms with van der Waals surface area (Å²) >= 11 is 0. The van der Waals surface area contributed by atoms with Gasteiger partial charge in [0, 0.05) is 37.2 Å². The molecular weight excluding hydrogens is 292 g/mol. The topological polar surface area (TPSA) is 58.6 Å². The molecule has 1 fully saturated rings. The summed E-state index contributed by atoms with van der Waals surface area (Å²) < 4.78 is 5.12. The fourth-order valence-corrected chi connectivity index (χ4v) is 3.04. The summed E-state index contributed by atoms with van der Waals surface area (Å²) in [5, 5.41) is 4.70. The Balaban J connectivity index is 1.70. The first-order valence-electron chi connectivity index (χ1n) is 7.76. The molecule has 5 nitrogen and oxygen atoms in total. The average molecular weight is 312 g/mol. The molecule has 1 N–H and O–H groups in total. The zero-order valence-electron chi connectivity index (χ0n) is 13.1. The van der Waals surface area contributed by atoms with Crippen LogP contribution in [0.2, 0.25) is 0 Å². The van der Waals surface area contributed by atoms with Gasteiger partial charge < -0.3 is 15.0 Å². The monoisotopic (exact) mass is 312 g/mol. The maximum atomic E-state index is 12.3. The number of amides is 2. The van der Waals surface area contributed by atoms with E-state index < -0.39 is 11.8 Å². The zero-order chi connectivity index (χ0) is 16.2. The number of ether oxygens (including phenoxy) is 1. The second-order valence-electron chi connectivity index (χ2n) is 5.84. The van der Waals surface area contributed by atoms with Gasteiger partial charge in [-0.25, -0.2) is 0 Å². The summed E-state index contributed by atoms with van der Waals surface area (Å²) in [7, 11) is 1.65. The van der Waals surface area contributed by atoms with Crippen molar-refractivity contribution in [3.05, 3.63) is 42.5 Å². The predicted molar refractivity (Wildman–Crippen MR) is 89.1 cm³/mol. The summed E-state index contributed by atoms with van der Waals surface area (Å²) in [5.74, 6) is -0.745. The fraction of sp³-hybridized carbons (Fsp3) is 0.333. The molecule has 3 rings (SSSR count). The second-order valence-corrected chi connectivity index (χ2v) is 5.84. The first-order chi connectivity index (χ1) is 11.2. The van der Waals surface area contributed by atoms with Crippen LogP contribution in [-0.2, 0) is 14.3 Å². The Labute approximate surface area is 135 Å². The van der Waals surface area contributed by atoms with Crippen molar-refractivity contribution in [1.82, 2.24) is 4.90 Å². The van der Waals surface area contributed by atoms with E-state index in [1.807, 2.05) is 42.5 Å². The molecule has 1 aliphatic heterocycles. The molecular formula is C18H20N2O3. The van der Waals surface area contributed by atoms with Crippen LogP contribution in [0.3, 0.4) is 0 Å². The third-order valence-electron chi connectivity index (χ3n) is 4.21. The number of hydrogen-bond acceptors (Lipinski definition) is 3. The van der Waals surface area contributed by atoms with Gasteiger partial charge in [0.05, 0.1) is 6.61 Å². The average Bonchev–Trinajstić information content (AvgIpc) is 3.03. The Bertz CT molecular complexity index is 724. The van der Waals surface area contributed by atoms with E-state index in [9.17, 15) is 9.59 Å². The van der Waals surface area contributed by atoms with Crippen LogP contribution in [0.1, 0.15) is 6.42 Å². The van der Waals surface area contributed by atoms with Crippen molar-refractivity contribution in [2.75, 3.05) is 32.1 Å². The van der Waals surface area contributed by atoms with Crippen molar-refractivity contribution in [1.29, 1.82) is 0 Å². The molecule has 0 aromatic heterocycles. The minimum Gasteiger partial charge on any atom is -0.384 e. The predicted octanol–water partition coefficient (Wildman–Crippen LogP) is 2.27. The highest BCUT2D eigenvalue weighted by Crippen LogP contribution is 2.23. The highest BCUT2D eigenvalue weighted by atomic mass is 16.5. The molecule has 1 heterocycles. The number of likely N-dealkylation sites (tertiary alicyclic amines) is 1. The molecule has 2 aromatic carbocycles. The van der Waals surface area contributed by atoms with Crippen LogP contribution in [-0.4, -0.2) is 43.5 Å². The summed E-state index contributed by atoms with van der Waals surface area (Å²) in [6.45, 7) is 1.81. The lowest BCUT2D eigenvalue weighted by atomic mass is 10.1. The molecule has 0 spiro atoms. The number of methoxy groups -OCH3 is 1. The smallest absolute Gasteiger partial charge is 0.313 e. The highest BCUT2D eigenvalue weighted by molar-refractivity contribution is 6.40. The van der Waals surface area contributed by atoms with Gasteiger partial charge in [-0.05, 0) is 17.9 Å². The van der Waals surface area contributed by atoms with Crippen molar-refractivity contribution in [2.45, 2.75) is 6.42 Å². The summed E-state index contributed by atoms with van der Waals surface area (Å²) in [5.41, 5.74) is 0.661.